The summed E-state index contributed by atoms with van der Waals surface area (Å²) < 4.78 is 5.58. The number of aliphatic hydroxyl groups excluding tert-OH is 3. The van der Waals surface area contributed by atoms with E-state index < -0.39 is 24.4 Å². The Morgan fingerprint density at radius 2 is 2.00 bits per heavy atom. The van der Waals surface area contributed by atoms with Crippen LogP contribution < -0.4 is 5.32 Å². The number of rotatable bonds is 4. The van der Waals surface area contributed by atoms with Crippen molar-refractivity contribution in [2.75, 3.05) is 11.9 Å². The molecule has 1 saturated heterocycles. The maximum atomic E-state index is 10.2. The number of halogens is 1. The molecule has 4 atom stereocenters. The van der Waals surface area contributed by atoms with E-state index in [1.807, 2.05) is 12.1 Å². The van der Waals surface area contributed by atoms with Crippen molar-refractivity contribution in [2.24, 2.45) is 0 Å². The van der Waals surface area contributed by atoms with Crippen molar-refractivity contribution in [2.45, 2.75) is 49.7 Å². The average Bonchev–Trinajstić information content (AvgIpc) is 2.85. The second-order valence-electron chi connectivity index (χ2n) is 6.65. The van der Waals surface area contributed by atoms with Crippen molar-refractivity contribution in [1.29, 1.82) is 0 Å². The van der Waals surface area contributed by atoms with E-state index in [0.29, 0.717) is 22.9 Å². The minimum Gasteiger partial charge on any atom is -0.394 e. The zero-order valence-electron chi connectivity index (χ0n) is 13.5. The van der Waals surface area contributed by atoms with Crippen LogP contribution in [-0.2, 0) is 4.74 Å². The number of hydrogen-bond acceptors (Lipinski definition) is 7. The second kappa shape index (κ2) is 6.66. The number of fused-ring (bicyclic) bond motifs is 1. The molecule has 0 bridgehead atoms. The maximum Gasteiger partial charge on any atom is 0.224 e. The van der Waals surface area contributed by atoms with Crippen LogP contribution in [0.25, 0.3) is 10.9 Å². The lowest BCUT2D eigenvalue weighted by Gasteiger charge is -2.27. The normalized spacial score (nSPS) is 29.8. The Morgan fingerprint density at radius 1 is 1.20 bits per heavy atom. The number of anilines is 1. The molecule has 25 heavy (non-hydrogen) atoms. The summed E-state index contributed by atoms with van der Waals surface area (Å²) in [5, 5.41) is 33.7. The van der Waals surface area contributed by atoms with Crippen molar-refractivity contribution in [1.82, 2.24) is 9.97 Å². The van der Waals surface area contributed by atoms with E-state index in [-0.39, 0.29) is 11.9 Å². The third-order valence-corrected chi connectivity index (χ3v) is 5.18. The summed E-state index contributed by atoms with van der Waals surface area (Å²) >= 11 is 6.06. The molecule has 1 saturated carbocycles. The molecule has 0 radical (unpaired) electrons. The lowest BCUT2D eigenvalue weighted by Crippen LogP contribution is -2.32. The molecular formula is C17H20ClN3O4. The molecule has 2 heterocycles. The van der Waals surface area contributed by atoms with Crippen LogP contribution in [0.3, 0.4) is 0 Å². The van der Waals surface area contributed by atoms with Crippen LogP contribution in [0, 0.1) is 0 Å². The van der Waals surface area contributed by atoms with Gasteiger partial charge in [0.2, 0.25) is 5.28 Å². The van der Waals surface area contributed by atoms with Crippen LogP contribution in [0.1, 0.15) is 30.9 Å². The largest absolute Gasteiger partial charge is 0.394 e. The van der Waals surface area contributed by atoms with Crippen molar-refractivity contribution >= 4 is 28.3 Å². The predicted molar refractivity (Wildman–Crippen MR) is 92.5 cm³/mol. The molecule has 0 amide bonds. The van der Waals surface area contributed by atoms with Gasteiger partial charge in [-0.2, -0.15) is 0 Å². The third kappa shape index (κ3) is 3.07. The van der Waals surface area contributed by atoms with Crippen molar-refractivity contribution < 1.29 is 20.1 Å². The minimum atomic E-state index is -1.13. The summed E-state index contributed by atoms with van der Waals surface area (Å²) in [7, 11) is 0. The highest BCUT2D eigenvalue weighted by Crippen LogP contribution is 2.36. The third-order valence-electron chi connectivity index (χ3n) is 5.01. The molecule has 4 rings (SSSR count). The van der Waals surface area contributed by atoms with Gasteiger partial charge in [-0.15, -0.1) is 0 Å². The monoisotopic (exact) mass is 365 g/mol. The number of aromatic nitrogens is 2. The minimum absolute atomic E-state index is 0.146. The first kappa shape index (κ1) is 16.9. The van der Waals surface area contributed by atoms with Crippen molar-refractivity contribution in [3.05, 3.63) is 29.0 Å². The van der Waals surface area contributed by atoms with Crippen LogP contribution in [0.2, 0.25) is 5.28 Å². The quantitative estimate of drug-likeness (QED) is 0.606. The Balaban J connectivity index is 1.68. The lowest BCUT2D eigenvalue weighted by molar-refractivity contribution is -0.0227. The summed E-state index contributed by atoms with van der Waals surface area (Å²) in [6, 6.07) is 5.85. The summed E-state index contributed by atoms with van der Waals surface area (Å²) in [5.41, 5.74) is 1.30. The Bertz CT molecular complexity index is 786. The maximum absolute atomic E-state index is 10.2. The second-order valence-corrected chi connectivity index (χ2v) is 6.99. The molecule has 8 heteroatoms. The molecule has 1 aliphatic heterocycles. The summed E-state index contributed by atoms with van der Waals surface area (Å²) in [5.74, 6) is 0.701. The Hall–Kier alpha value is -1.51. The van der Waals surface area contributed by atoms with Gasteiger partial charge in [0.25, 0.3) is 0 Å². The molecule has 134 valence electrons. The summed E-state index contributed by atoms with van der Waals surface area (Å²) in [6.07, 6.45) is -0.332. The fourth-order valence-electron chi connectivity index (χ4n) is 3.33. The highest BCUT2D eigenvalue weighted by Gasteiger charge is 2.43. The van der Waals surface area contributed by atoms with E-state index in [2.05, 4.69) is 15.3 Å². The highest BCUT2D eigenvalue weighted by atomic mass is 35.5. The molecule has 0 spiro atoms. The van der Waals surface area contributed by atoms with Crippen LogP contribution in [-0.4, -0.2) is 56.2 Å². The Labute approximate surface area is 149 Å². The van der Waals surface area contributed by atoms with E-state index in [0.717, 1.165) is 18.2 Å². The molecule has 0 unspecified atom stereocenters. The van der Waals surface area contributed by atoms with E-state index in [1.54, 1.807) is 6.07 Å². The van der Waals surface area contributed by atoms with Gasteiger partial charge < -0.3 is 25.4 Å². The van der Waals surface area contributed by atoms with Crippen molar-refractivity contribution in [3.8, 4) is 0 Å². The molecular weight excluding hydrogens is 346 g/mol. The standard InChI is InChI=1S/C17H20ClN3O4/c18-17-20-11-6-8(15-14(24)13(23)12(7-22)25-15)4-5-10(11)16(21-17)19-9-2-1-3-9/h4-6,9,12-15,22-24H,1-3,7H2,(H,19,20,21)/t12-,13-,14-,15+/m1/s1. The van der Waals surface area contributed by atoms with E-state index in [4.69, 9.17) is 16.3 Å². The van der Waals surface area contributed by atoms with Gasteiger partial charge in [0, 0.05) is 11.4 Å². The van der Waals surface area contributed by atoms with Gasteiger partial charge in [0.15, 0.2) is 0 Å². The first-order valence-corrected chi connectivity index (χ1v) is 8.81. The smallest absolute Gasteiger partial charge is 0.224 e. The number of benzene rings is 1. The van der Waals surface area contributed by atoms with E-state index in [1.165, 1.54) is 6.42 Å². The molecule has 2 aliphatic rings. The molecule has 1 aromatic carbocycles. The Kier molecular flexibility index (Phi) is 4.51. The van der Waals surface area contributed by atoms with E-state index >= 15 is 0 Å². The molecule has 1 aromatic heterocycles. The van der Waals surface area contributed by atoms with Gasteiger partial charge in [-0.05, 0) is 48.6 Å². The lowest BCUT2D eigenvalue weighted by atomic mass is 9.93. The van der Waals surface area contributed by atoms with Gasteiger partial charge in [-0.25, -0.2) is 9.97 Å². The number of hydrogen-bond donors (Lipinski definition) is 4. The van der Waals surface area contributed by atoms with Crippen LogP contribution >= 0.6 is 11.6 Å². The molecule has 2 fully saturated rings. The topological polar surface area (TPSA) is 108 Å². The molecule has 1 aliphatic carbocycles. The first-order chi connectivity index (χ1) is 12.1. The number of nitrogens with one attached hydrogen (secondary N) is 1. The van der Waals surface area contributed by atoms with Gasteiger partial charge in [-0.3, -0.25) is 0 Å². The van der Waals surface area contributed by atoms with Gasteiger partial charge in [-0.1, -0.05) is 6.07 Å². The van der Waals surface area contributed by atoms with Gasteiger partial charge in [0.1, 0.15) is 30.2 Å². The van der Waals surface area contributed by atoms with E-state index in [9.17, 15) is 15.3 Å². The fraction of sp³-hybridized carbons (Fsp3) is 0.529. The van der Waals surface area contributed by atoms with Crippen LogP contribution in [0.5, 0.6) is 0 Å². The average molecular weight is 366 g/mol. The fourth-order valence-corrected chi connectivity index (χ4v) is 3.50. The van der Waals surface area contributed by atoms with Crippen LogP contribution in [0.15, 0.2) is 18.2 Å². The Morgan fingerprint density at radius 3 is 2.64 bits per heavy atom. The SMILES string of the molecule is OC[C@H]1O[C@@H](c2ccc3c(NC4CCC4)nc(Cl)nc3c2)[C@H](O)[C@@H]1O. The zero-order chi connectivity index (χ0) is 17.6. The zero-order valence-corrected chi connectivity index (χ0v) is 14.2. The summed E-state index contributed by atoms with van der Waals surface area (Å²) in [4.78, 5) is 8.56. The predicted octanol–water partition coefficient (Wildman–Crippen LogP) is 1.40. The number of aliphatic hydroxyl groups is 3. The molecule has 7 nitrogen and oxygen atoms in total. The highest BCUT2D eigenvalue weighted by molar-refractivity contribution is 6.28. The number of nitrogens with zero attached hydrogens (tertiary/aromatic N) is 2. The molecule has 2 aromatic rings. The number of ether oxygens (including phenoxy) is 1. The molecule has 4 N–H and O–H groups in total. The van der Waals surface area contributed by atoms with Gasteiger partial charge >= 0.3 is 0 Å². The summed E-state index contributed by atoms with van der Waals surface area (Å²) in [6.45, 7) is -0.355. The van der Waals surface area contributed by atoms with Gasteiger partial charge in [0.05, 0.1) is 12.1 Å². The van der Waals surface area contributed by atoms with Crippen LogP contribution in [0.4, 0.5) is 5.82 Å². The first-order valence-electron chi connectivity index (χ1n) is 8.43. The van der Waals surface area contributed by atoms with Crippen molar-refractivity contribution in [3.63, 3.8) is 0 Å².